The molecule has 0 heterocycles. The fourth-order valence-electron chi connectivity index (χ4n) is 2.62. The number of rotatable bonds is 4. The van der Waals surface area contributed by atoms with Gasteiger partial charge in [-0.1, -0.05) is 19.1 Å². The first-order valence-corrected chi connectivity index (χ1v) is 8.69. The molecule has 25 heavy (non-hydrogen) atoms. The lowest BCUT2D eigenvalue weighted by molar-refractivity contribution is -0.195. The topological polar surface area (TPSA) is 171 Å². The largest absolute Gasteiger partial charge is 0.511 e. The molecule has 0 spiro atoms. The summed E-state index contributed by atoms with van der Waals surface area (Å²) in [5.74, 6) is -6.97. The molecule has 0 bridgehead atoms. The van der Waals surface area contributed by atoms with Crippen molar-refractivity contribution in [2.45, 2.75) is 18.6 Å². The summed E-state index contributed by atoms with van der Waals surface area (Å²) in [7, 11) is -4.97. The van der Waals surface area contributed by atoms with Crippen molar-refractivity contribution in [1.29, 1.82) is 0 Å². The van der Waals surface area contributed by atoms with Crippen LogP contribution in [0.1, 0.15) is 18.4 Å². The van der Waals surface area contributed by atoms with Crippen LogP contribution in [0.5, 0.6) is 5.75 Å². The first-order valence-electron chi connectivity index (χ1n) is 7.12. The van der Waals surface area contributed by atoms with Crippen molar-refractivity contribution in [3.05, 3.63) is 53.5 Å². The molecule has 2 unspecified atom stereocenters. The van der Waals surface area contributed by atoms with E-state index in [2.05, 4.69) is 4.76 Å². The number of aromatic hydroxyl groups is 1. The predicted molar refractivity (Wildman–Crippen MR) is 88.1 cm³/mol. The molecule has 0 saturated carbocycles. The molecule has 0 fully saturated rings. The molecule has 1 aromatic carbocycles. The number of hydrogen-bond donors (Lipinski definition) is 7. The highest BCUT2D eigenvalue weighted by atomic mass is 31.2. The van der Waals surface area contributed by atoms with Crippen molar-refractivity contribution in [3.8, 4) is 5.75 Å². The van der Waals surface area contributed by atoms with E-state index in [0.29, 0.717) is 5.56 Å². The van der Waals surface area contributed by atoms with Gasteiger partial charge in [0.05, 0.1) is 5.71 Å². The van der Waals surface area contributed by atoms with E-state index in [4.69, 9.17) is 9.79 Å². The number of phenolic OH excluding ortho intramolecular Hbond substituents is 1. The smallest absolute Gasteiger partial charge is 0.448 e. The van der Waals surface area contributed by atoms with Crippen molar-refractivity contribution in [3.63, 3.8) is 0 Å². The second kappa shape index (κ2) is 6.62. The Labute approximate surface area is 142 Å². The maximum absolute atomic E-state index is 11.2. The molecule has 7 N–H and O–H groups in total. The number of aliphatic hydroxyl groups excluding tert-OH is 2. The highest BCUT2D eigenvalue weighted by molar-refractivity contribution is 7.50. The van der Waals surface area contributed by atoms with E-state index in [1.807, 2.05) is 0 Å². The van der Waals surface area contributed by atoms with Crippen LogP contribution in [0, 0.1) is 5.92 Å². The van der Waals surface area contributed by atoms with E-state index in [0.717, 1.165) is 12.2 Å². The second-order valence-corrected chi connectivity index (χ2v) is 6.94. The van der Waals surface area contributed by atoms with Gasteiger partial charge < -0.3 is 35.3 Å². The van der Waals surface area contributed by atoms with Crippen molar-refractivity contribution in [2.75, 3.05) is 0 Å². The zero-order valence-corrected chi connectivity index (χ0v) is 13.9. The molecule has 1 aliphatic carbocycles. The van der Waals surface area contributed by atoms with Crippen molar-refractivity contribution >= 4 is 13.5 Å². The fourth-order valence-corrected chi connectivity index (χ4v) is 3.10. The zero-order chi connectivity index (χ0) is 19.0. The van der Waals surface area contributed by atoms with E-state index in [1.54, 1.807) is 0 Å². The van der Waals surface area contributed by atoms with Gasteiger partial charge >= 0.3 is 7.75 Å². The van der Waals surface area contributed by atoms with Crippen molar-refractivity contribution < 1.29 is 39.9 Å². The van der Waals surface area contributed by atoms with Crippen LogP contribution in [0.15, 0.2) is 52.7 Å². The van der Waals surface area contributed by atoms with Crippen LogP contribution in [0.2, 0.25) is 0 Å². The van der Waals surface area contributed by atoms with Gasteiger partial charge in [-0.2, -0.15) is 4.76 Å². The number of benzene rings is 1. The minimum atomic E-state index is -4.97. The summed E-state index contributed by atoms with van der Waals surface area (Å²) in [4.78, 5) is 18.1. The molecule has 0 aromatic heterocycles. The lowest BCUT2D eigenvalue weighted by Gasteiger charge is -2.37. The number of aliphatic hydroxyl groups is 4. The summed E-state index contributed by atoms with van der Waals surface area (Å²) >= 11 is 0. The molecule has 9 nitrogen and oxygen atoms in total. The molecule has 2 rings (SSSR count). The van der Waals surface area contributed by atoms with Crippen LogP contribution in [-0.4, -0.2) is 46.8 Å². The van der Waals surface area contributed by atoms with E-state index in [9.17, 15) is 30.1 Å². The molecule has 2 atom stereocenters. The van der Waals surface area contributed by atoms with Crippen LogP contribution in [0.4, 0.5) is 0 Å². The molecule has 1 aromatic rings. The molecule has 1 aliphatic rings. The van der Waals surface area contributed by atoms with Gasteiger partial charge in [0, 0.05) is 18.1 Å². The number of phenols is 1. The predicted octanol–water partition coefficient (Wildman–Crippen LogP) is 1.22. The molecule has 136 valence electrons. The van der Waals surface area contributed by atoms with E-state index in [-0.39, 0.29) is 5.75 Å². The summed E-state index contributed by atoms with van der Waals surface area (Å²) < 4.78 is 14.3. The summed E-state index contributed by atoms with van der Waals surface area (Å²) in [5.41, 5.74) is -0.296. The summed E-state index contributed by atoms with van der Waals surface area (Å²) in [6.07, 6.45) is 1.64. The van der Waals surface area contributed by atoms with Crippen LogP contribution >= 0.6 is 7.75 Å². The SMILES string of the molecule is CC(c1cccc(O)c1)C(O)(O)C1C(O)=CC(O)=C/C1=N\P(=O)(O)O. The van der Waals surface area contributed by atoms with Crippen LogP contribution in [0.25, 0.3) is 0 Å². The Morgan fingerprint density at radius 3 is 2.36 bits per heavy atom. The third kappa shape index (κ3) is 4.28. The van der Waals surface area contributed by atoms with Gasteiger partial charge in [0.25, 0.3) is 0 Å². The van der Waals surface area contributed by atoms with Crippen LogP contribution in [0.3, 0.4) is 0 Å². The maximum Gasteiger partial charge on any atom is 0.448 e. The first-order chi connectivity index (χ1) is 11.4. The summed E-state index contributed by atoms with van der Waals surface area (Å²) in [6.45, 7) is 1.38. The van der Waals surface area contributed by atoms with E-state index < -0.39 is 42.6 Å². The number of allylic oxidation sites excluding steroid dienone is 2. The minimum absolute atomic E-state index is 0.120. The monoisotopic (exact) mass is 371 g/mol. The quantitative estimate of drug-likeness (QED) is 0.306. The Morgan fingerprint density at radius 1 is 1.16 bits per heavy atom. The van der Waals surface area contributed by atoms with Gasteiger partial charge in [0.15, 0.2) is 5.79 Å². The molecule has 10 heteroatoms. The first kappa shape index (κ1) is 19.2. The molecule has 0 aliphatic heterocycles. The van der Waals surface area contributed by atoms with Gasteiger partial charge in [-0.05, 0) is 17.7 Å². The Kier molecular flexibility index (Phi) is 5.08. The maximum atomic E-state index is 11.2. The summed E-state index contributed by atoms with van der Waals surface area (Å²) in [6, 6.07) is 5.64. The van der Waals surface area contributed by atoms with Crippen molar-refractivity contribution in [1.82, 2.24) is 0 Å². The lowest BCUT2D eigenvalue weighted by Crippen LogP contribution is -2.48. The minimum Gasteiger partial charge on any atom is -0.511 e. The molecular weight excluding hydrogens is 353 g/mol. The number of nitrogens with zero attached hydrogens (tertiary/aromatic N) is 1. The van der Waals surface area contributed by atoms with Crippen molar-refractivity contribution in [2.24, 2.45) is 10.7 Å². The van der Waals surface area contributed by atoms with Gasteiger partial charge in [-0.15, -0.1) is 0 Å². The third-order valence-corrected chi connectivity index (χ3v) is 4.35. The Bertz CT molecular complexity index is 808. The van der Waals surface area contributed by atoms with Crippen LogP contribution in [-0.2, 0) is 4.57 Å². The standard InChI is InChI=1S/C15H18NO8P/c1-8(9-3-2-4-10(17)5-9)15(20,21)14-12(16-25(22,23)24)6-11(18)7-13(14)19/h2-8,14,17-21H,1H3,(H2,22,23,24)/b16-12+. The molecule has 0 radical (unpaired) electrons. The number of hydrogen-bond acceptors (Lipinski definition) is 6. The van der Waals surface area contributed by atoms with E-state index >= 15 is 0 Å². The second-order valence-electron chi connectivity index (χ2n) is 5.71. The van der Waals surface area contributed by atoms with Gasteiger partial charge in [0.2, 0.25) is 0 Å². The van der Waals surface area contributed by atoms with Gasteiger partial charge in [0.1, 0.15) is 23.2 Å². The Hall–Kier alpha value is -2.16. The zero-order valence-electron chi connectivity index (χ0n) is 13.1. The highest BCUT2D eigenvalue weighted by Gasteiger charge is 2.47. The van der Waals surface area contributed by atoms with E-state index in [1.165, 1.54) is 31.2 Å². The summed E-state index contributed by atoms with van der Waals surface area (Å²) in [5, 5.41) is 50.3. The molecule has 0 saturated heterocycles. The fraction of sp³-hybridized carbons (Fsp3) is 0.267. The average molecular weight is 371 g/mol. The normalized spacial score (nSPS) is 21.6. The molecule has 0 amide bonds. The van der Waals surface area contributed by atoms with Gasteiger partial charge in [-0.25, -0.2) is 4.57 Å². The Morgan fingerprint density at radius 2 is 1.80 bits per heavy atom. The van der Waals surface area contributed by atoms with Gasteiger partial charge in [-0.3, -0.25) is 0 Å². The third-order valence-electron chi connectivity index (χ3n) is 3.86. The Balaban J connectivity index is 2.52. The lowest BCUT2D eigenvalue weighted by atomic mass is 9.78. The van der Waals surface area contributed by atoms with Crippen LogP contribution < -0.4 is 0 Å². The average Bonchev–Trinajstić information content (AvgIpc) is 2.43. The molecular formula is C15H18NO8P. The highest BCUT2D eigenvalue weighted by Crippen LogP contribution is 2.43.